The van der Waals surface area contributed by atoms with Crippen molar-refractivity contribution in [2.24, 2.45) is 0 Å². The summed E-state index contributed by atoms with van der Waals surface area (Å²) < 4.78 is 15.7. The Labute approximate surface area is 122 Å². The molecule has 0 saturated heterocycles. The maximum Gasteiger partial charge on any atom is 0.324 e. The Hall–Kier alpha value is -1.23. The van der Waals surface area contributed by atoms with E-state index in [1.54, 1.807) is 32.4 Å². The van der Waals surface area contributed by atoms with Gasteiger partial charge in [-0.25, -0.2) is 0 Å². The van der Waals surface area contributed by atoms with Crippen molar-refractivity contribution in [3.63, 3.8) is 0 Å². The lowest BCUT2D eigenvalue weighted by Gasteiger charge is -2.22. The van der Waals surface area contributed by atoms with Crippen molar-refractivity contribution in [2.45, 2.75) is 31.2 Å². The van der Waals surface area contributed by atoms with Gasteiger partial charge in [0.05, 0.1) is 14.2 Å². The van der Waals surface area contributed by atoms with Crippen molar-refractivity contribution in [3.8, 4) is 11.5 Å². The van der Waals surface area contributed by atoms with E-state index in [0.29, 0.717) is 11.5 Å². The average molecular weight is 331 g/mol. The van der Waals surface area contributed by atoms with Crippen molar-refractivity contribution < 1.29 is 19.0 Å². The smallest absolute Gasteiger partial charge is 0.324 e. The number of hydrogen-bond donors (Lipinski definition) is 0. The van der Waals surface area contributed by atoms with Crippen molar-refractivity contribution >= 4 is 21.9 Å². The van der Waals surface area contributed by atoms with Gasteiger partial charge in [-0.05, 0) is 38.5 Å². The molecule has 4 nitrogen and oxygen atoms in total. The molecule has 5 heteroatoms. The number of halogens is 1. The van der Waals surface area contributed by atoms with Crippen LogP contribution in [0.5, 0.6) is 11.5 Å². The van der Waals surface area contributed by atoms with E-state index in [4.69, 9.17) is 14.2 Å². The van der Waals surface area contributed by atoms with Gasteiger partial charge < -0.3 is 14.2 Å². The van der Waals surface area contributed by atoms with Gasteiger partial charge in [-0.1, -0.05) is 22.0 Å². The molecule has 0 amide bonds. The Morgan fingerprint density at radius 1 is 1.16 bits per heavy atom. The zero-order chi connectivity index (χ0) is 14.6. The van der Waals surface area contributed by atoms with E-state index in [-0.39, 0.29) is 5.97 Å². The molecular weight excluding hydrogens is 312 g/mol. The minimum Gasteiger partial charge on any atom is -0.493 e. The summed E-state index contributed by atoms with van der Waals surface area (Å²) >= 11 is 3.34. The van der Waals surface area contributed by atoms with Crippen LogP contribution in [0.2, 0.25) is 0 Å². The molecule has 1 aromatic rings. The fraction of sp³-hybridized carbons (Fsp3) is 0.500. The van der Waals surface area contributed by atoms with Gasteiger partial charge in [0, 0.05) is 0 Å². The van der Waals surface area contributed by atoms with Gasteiger partial charge in [0.1, 0.15) is 10.4 Å². The lowest BCUT2D eigenvalue weighted by atomic mass is 10.1. The molecule has 0 spiro atoms. The summed E-state index contributed by atoms with van der Waals surface area (Å²) in [5, 5.41) is 0. The summed E-state index contributed by atoms with van der Waals surface area (Å²) in [6.07, 6.45) is 0. The molecule has 106 valence electrons. The normalized spacial score (nSPS) is 12.7. The van der Waals surface area contributed by atoms with Crippen LogP contribution in [-0.4, -0.2) is 25.8 Å². The molecule has 0 heterocycles. The zero-order valence-corrected chi connectivity index (χ0v) is 13.4. The van der Waals surface area contributed by atoms with Crippen LogP contribution in [0.4, 0.5) is 0 Å². The van der Waals surface area contributed by atoms with Crippen LogP contribution in [0, 0.1) is 0 Å². The van der Waals surface area contributed by atoms with Crippen molar-refractivity contribution in [2.75, 3.05) is 14.2 Å². The third kappa shape index (κ3) is 4.42. The average Bonchev–Trinajstić information content (AvgIpc) is 2.34. The van der Waals surface area contributed by atoms with Crippen LogP contribution in [0.25, 0.3) is 0 Å². The molecule has 0 fully saturated rings. The molecule has 1 unspecified atom stereocenters. The van der Waals surface area contributed by atoms with Crippen LogP contribution in [0.3, 0.4) is 0 Å². The highest BCUT2D eigenvalue weighted by Gasteiger charge is 2.25. The number of esters is 1. The number of carbonyl (C=O) groups is 1. The summed E-state index contributed by atoms with van der Waals surface area (Å²) in [5.74, 6) is 0.864. The SMILES string of the molecule is COc1ccc(C(Br)C(=O)OC(C)(C)C)cc1OC. The second-order valence-corrected chi connectivity index (χ2v) is 5.93. The molecule has 1 atom stereocenters. The van der Waals surface area contributed by atoms with Gasteiger partial charge in [-0.3, -0.25) is 4.79 Å². The Balaban J connectivity index is 2.94. The highest BCUT2D eigenvalue weighted by atomic mass is 79.9. The first kappa shape index (κ1) is 15.8. The molecule has 0 aliphatic rings. The summed E-state index contributed by atoms with van der Waals surface area (Å²) in [4.78, 5) is 11.4. The fourth-order valence-corrected chi connectivity index (χ4v) is 1.88. The first-order chi connectivity index (χ1) is 8.78. The summed E-state index contributed by atoms with van der Waals surface area (Å²) in [6, 6.07) is 5.31. The lowest BCUT2D eigenvalue weighted by molar-refractivity contribution is -0.154. The quantitative estimate of drug-likeness (QED) is 0.626. The van der Waals surface area contributed by atoms with Gasteiger partial charge in [-0.2, -0.15) is 0 Å². The van der Waals surface area contributed by atoms with Crippen LogP contribution >= 0.6 is 15.9 Å². The maximum absolute atomic E-state index is 12.0. The molecule has 0 radical (unpaired) electrons. The van der Waals surface area contributed by atoms with Crippen molar-refractivity contribution in [1.82, 2.24) is 0 Å². The van der Waals surface area contributed by atoms with E-state index >= 15 is 0 Å². The van der Waals surface area contributed by atoms with E-state index in [0.717, 1.165) is 5.56 Å². The van der Waals surface area contributed by atoms with E-state index in [1.165, 1.54) is 0 Å². The lowest BCUT2D eigenvalue weighted by Crippen LogP contribution is -2.26. The minimum absolute atomic E-state index is 0.334. The zero-order valence-electron chi connectivity index (χ0n) is 11.8. The molecule has 1 aromatic carbocycles. The molecule has 0 N–H and O–H groups in total. The highest BCUT2D eigenvalue weighted by molar-refractivity contribution is 9.09. The van der Waals surface area contributed by atoms with Crippen LogP contribution in [-0.2, 0) is 9.53 Å². The first-order valence-electron chi connectivity index (χ1n) is 5.87. The second-order valence-electron chi connectivity index (χ2n) is 5.01. The monoisotopic (exact) mass is 330 g/mol. The first-order valence-corrected chi connectivity index (χ1v) is 6.79. The molecule has 0 aliphatic heterocycles. The predicted octanol–water partition coefficient (Wildman–Crippen LogP) is 3.48. The molecule has 0 bridgehead atoms. The van der Waals surface area contributed by atoms with E-state index in [2.05, 4.69) is 15.9 Å². The largest absolute Gasteiger partial charge is 0.493 e. The summed E-state index contributed by atoms with van der Waals surface area (Å²) in [7, 11) is 3.12. The molecule has 1 rings (SSSR count). The highest BCUT2D eigenvalue weighted by Crippen LogP contribution is 2.34. The number of benzene rings is 1. The van der Waals surface area contributed by atoms with E-state index in [9.17, 15) is 4.79 Å². The van der Waals surface area contributed by atoms with Gasteiger partial charge in [0.25, 0.3) is 0 Å². The van der Waals surface area contributed by atoms with Crippen molar-refractivity contribution in [3.05, 3.63) is 23.8 Å². The third-order valence-electron chi connectivity index (χ3n) is 2.31. The Bertz CT molecular complexity index is 451. The standard InChI is InChI=1S/C14H19BrO4/c1-14(2,3)19-13(16)12(15)9-6-7-10(17-4)11(8-9)18-5/h6-8,12H,1-5H3. The Kier molecular flexibility index (Phi) is 5.23. The summed E-state index contributed by atoms with van der Waals surface area (Å²) in [5.41, 5.74) is 0.242. The van der Waals surface area contributed by atoms with Crippen LogP contribution in [0.1, 0.15) is 31.2 Å². The minimum atomic E-state index is -0.536. The van der Waals surface area contributed by atoms with E-state index in [1.807, 2.05) is 20.8 Å². The number of carbonyl (C=O) groups excluding carboxylic acids is 1. The maximum atomic E-state index is 12.0. The second kappa shape index (κ2) is 6.28. The third-order valence-corrected chi connectivity index (χ3v) is 3.22. The number of alkyl halides is 1. The molecular formula is C14H19BrO4. The van der Waals surface area contributed by atoms with Crippen LogP contribution in [0.15, 0.2) is 18.2 Å². The fourth-order valence-electron chi connectivity index (χ4n) is 1.50. The molecule has 0 saturated carbocycles. The van der Waals surface area contributed by atoms with Gasteiger partial charge in [0.15, 0.2) is 11.5 Å². The molecule has 19 heavy (non-hydrogen) atoms. The molecule has 0 aromatic heterocycles. The van der Waals surface area contributed by atoms with Gasteiger partial charge in [0.2, 0.25) is 0 Å². The number of rotatable bonds is 4. The number of ether oxygens (including phenoxy) is 3. The van der Waals surface area contributed by atoms with E-state index < -0.39 is 10.4 Å². The topological polar surface area (TPSA) is 44.8 Å². The number of methoxy groups -OCH3 is 2. The van der Waals surface area contributed by atoms with Crippen molar-refractivity contribution in [1.29, 1.82) is 0 Å². The predicted molar refractivity (Wildman–Crippen MR) is 77.1 cm³/mol. The van der Waals surface area contributed by atoms with Crippen LogP contribution < -0.4 is 9.47 Å². The number of hydrogen-bond acceptors (Lipinski definition) is 4. The Morgan fingerprint density at radius 2 is 1.74 bits per heavy atom. The molecule has 0 aliphatic carbocycles. The Morgan fingerprint density at radius 3 is 2.21 bits per heavy atom. The summed E-state index contributed by atoms with van der Waals surface area (Å²) in [6.45, 7) is 5.50. The van der Waals surface area contributed by atoms with Gasteiger partial charge >= 0.3 is 5.97 Å². The van der Waals surface area contributed by atoms with Gasteiger partial charge in [-0.15, -0.1) is 0 Å².